The van der Waals surface area contributed by atoms with Crippen molar-refractivity contribution < 1.29 is 23.9 Å². The molecule has 2 aliphatic rings. The molecule has 0 saturated heterocycles. The Morgan fingerprint density at radius 1 is 1.11 bits per heavy atom. The van der Waals surface area contributed by atoms with Crippen molar-refractivity contribution in [3.8, 4) is 11.5 Å². The van der Waals surface area contributed by atoms with Crippen molar-refractivity contribution in [1.29, 1.82) is 0 Å². The first kappa shape index (κ1) is 16.9. The molecule has 0 radical (unpaired) electrons. The molecule has 2 aromatic rings. The summed E-state index contributed by atoms with van der Waals surface area (Å²) >= 11 is 0. The van der Waals surface area contributed by atoms with Gasteiger partial charge in [-0.2, -0.15) is 0 Å². The van der Waals surface area contributed by atoms with Crippen LogP contribution in [0.4, 0.5) is 17.1 Å². The average molecular weight is 367 g/mol. The third kappa shape index (κ3) is 3.29. The minimum atomic E-state index is -0.410. The standard InChI is InChI=1S/C19H17N3O5/c1-21-14-8-12(6-7-15(14)26-11-18(21)24)20-17(23)9-22-10-19(25)27-16-5-3-2-4-13(16)22/h2-8H,9-11H2,1H3,(H,20,23). The number of carbonyl (C=O) groups excluding carboxylic acids is 3. The van der Waals surface area contributed by atoms with Crippen LogP contribution in [-0.2, 0) is 14.4 Å². The number of anilines is 3. The molecule has 2 heterocycles. The van der Waals surface area contributed by atoms with Crippen LogP contribution in [-0.4, -0.2) is 44.5 Å². The molecule has 0 saturated carbocycles. The lowest BCUT2D eigenvalue weighted by Gasteiger charge is -2.29. The van der Waals surface area contributed by atoms with E-state index in [9.17, 15) is 14.4 Å². The molecule has 8 heteroatoms. The van der Waals surface area contributed by atoms with Crippen LogP contribution in [0.2, 0.25) is 0 Å². The maximum Gasteiger partial charge on any atom is 0.331 e. The van der Waals surface area contributed by atoms with Crippen LogP contribution in [0.15, 0.2) is 42.5 Å². The fourth-order valence-electron chi connectivity index (χ4n) is 3.07. The van der Waals surface area contributed by atoms with Crippen molar-refractivity contribution in [1.82, 2.24) is 0 Å². The summed E-state index contributed by atoms with van der Waals surface area (Å²) < 4.78 is 10.6. The van der Waals surface area contributed by atoms with Gasteiger partial charge in [0.1, 0.15) is 12.3 Å². The van der Waals surface area contributed by atoms with Gasteiger partial charge in [0.25, 0.3) is 5.91 Å². The predicted molar refractivity (Wildman–Crippen MR) is 98.3 cm³/mol. The van der Waals surface area contributed by atoms with Gasteiger partial charge in [-0.3, -0.25) is 9.59 Å². The Bertz CT molecular complexity index is 943. The smallest absolute Gasteiger partial charge is 0.331 e. The third-order valence-electron chi connectivity index (χ3n) is 4.41. The summed E-state index contributed by atoms with van der Waals surface area (Å²) in [5.41, 5.74) is 1.82. The second-order valence-electron chi connectivity index (χ2n) is 6.27. The van der Waals surface area contributed by atoms with E-state index in [1.165, 1.54) is 4.90 Å². The molecule has 0 aliphatic carbocycles. The minimum Gasteiger partial charge on any atom is -0.482 e. The van der Waals surface area contributed by atoms with Crippen molar-refractivity contribution in [2.24, 2.45) is 0 Å². The highest BCUT2D eigenvalue weighted by atomic mass is 16.5. The quantitative estimate of drug-likeness (QED) is 0.652. The molecule has 0 bridgehead atoms. The lowest BCUT2D eigenvalue weighted by atomic mass is 10.2. The van der Waals surface area contributed by atoms with Gasteiger partial charge < -0.3 is 24.6 Å². The number of nitrogens with zero attached hydrogens (tertiary/aromatic N) is 2. The molecule has 0 spiro atoms. The van der Waals surface area contributed by atoms with Gasteiger partial charge in [0.15, 0.2) is 12.4 Å². The molecule has 0 unspecified atom stereocenters. The van der Waals surface area contributed by atoms with Gasteiger partial charge in [0.2, 0.25) is 5.91 Å². The lowest BCUT2D eigenvalue weighted by Crippen LogP contribution is -2.41. The highest BCUT2D eigenvalue weighted by Crippen LogP contribution is 2.34. The van der Waals surface area contributed by atoms with Gasteiger partial charge in [-0.15, -0.1) is 0 Å². The Morgan fingerprint density at radius 3 is 2.78 bits per heavy atom. The molecule has 0 aromatic heterocycles. The fraction of sp³-hybridized carbons (Fsp3) is 0.211. The van der Waals surface area contributed by atoms with Gasteiger partial charge in [-0.1, -0.05) is 12.1 Å². The number of amides is 2. The molecule has 138 valence electrons. The normalized spacial score (nSPS) is 15.4. The van der Waals surface area contributed by atoms with E-state index in [2.05, 4.69) is 5.32 Å². The second kappa shape index (κ2) is 6.64. The molecule has 2 aliphatic heterocycles. The zero-order valence-electron chi connectivity index (χ0n) is 14.6. The summed E-state index contributed by atoms with van der Waals surface area (Å²) in [6.45, 7) is -0.00611. The number of hydrogen-bond donors (Lipinski definition) is 1. The Morgan fingerprint density at radius 2 is 1.93 bits per heavy atom. The minimum absolute atomic E-state index is 0.000297. The summed E-state index contributed by atoms with van der Waals surface area (Å²) in [6.07, 6.45) is 0. The number of para-hydroxylation sites is 2. The first-order valence-corrected chi connectivity index (χ1v) is 8.39. The largest absolute Gasteiger partial charge is 0.482 e. The van der Waals surface area contributed by atoms with Crippen molar-refractivity contribution in [2.75, 3.05) is 41.9 Å². The summed E-state index contributed by atoms with van der Waals surface area (Å²) in [5.74, 6) is 0.169. The monoisotopic (exact) mass is 367 g/mol. The van der Waals surface area contributed by atoms with Crippen LogP contribution < -0.4 is 24.6 Å². The SMILES string of the molecule is CN1C(=O)COc2ccc(NC(=O)CN3CC(=O)Oc4ccccc43)cc21. The summed E-state index contributed by atoms with van der Waals surface area (Å²) in [7, 11) is 1.66. The molecule has 0 atom stereocenters. The molecular formula is C19H17N3O5. The van der Waals surface area contributed by atoms with Crippen LogP contribution in [0, 0.1) is 0 Å². The third-order valence-corrected chi connectivity index (χ3v) is 4.41. The zero-order chi connectivity index (χ0) is 19.0. The molecule has 27 heavy (non-hydrogen) atoms. The predicted octanol–water partition coefficient (Wildman–Crippen LogP) is 1.41. The number of nitrogens with one attached hydrogen (secondary N) is 1. The molecule has 2 aromatic carbocycles. The van der Waals surface area contributed by atoms with E-state index in [0.29, 0.717) is 28.6 Å². The highest BCUT2D eigenvalue weighted by molar-refractivity contribution is 6.00. The van der Waals surface area contributed by atoms with E-state index in [1.807, 2.05) is 6.07 Å². The van der Waals surface area contributed by atoms with Crippen LogP contribution in [0.3, 0.4) is 0 Å². The molecule has 0 fully saturated rings. The van der Waals surface area contributed by atoms with Gasteiger partial charge >= 0.3 is 5.97 Å². The molecule has 2 amide bonds. The second-order valence-corrected chi connectivity index (χ2v) is 6.27. The van der Waals surface area contributed by atoms with Crippen molar-refractivity contribution in [3.05, 3.63) is 42.5 Å². The van der Waals surface area contributed by atoms with E-state index >= 15 is 0 Å². The lowest BCUT2D eigenvalue weighted by molar-refractivity contribution is -0.133. The first-order valence-electron chi connectivity index (χ1n) is 8.39. The number of esters is 1. The zero-order valence-corrected chi connectivity index (χ0v) is 14.6. The van der Waals surface area contributed by atoms with Gasteiger partial charge in [-0.25, -0.2) is 4.79 Å². The van der Waals surface area contributed by atoms with Gasteiger partial charge in [-0.05, 0) is 30.3 Å². The molecule has 8 nitrogen and oxygen atoms in total. The van der Waals surface area contributed by atoms with Crippen molar-refractivity contribution in [2.45, 2.75) is 0 Å². The van der Waals surface area contributed by atoms with Crippen LogP contribution in [0.25, 0.3) is 0 Å². The fourth-order valence-corrected chi connectivity index (χ4v) is 3.07. The van der Waals surface area contributed by atoms with Crippen LogP contribution in [0.5, 0.6) is 11.5 Å². The Labute approximate surface area is 155 Å². The number of ether oxygens (including phenoxy) is 2. The van der Waals surface area contributed by atoms with E-state index < -0.39 is 5.97 Å². The Hall–Kier alpha value is -3.55. The van der Waals surface area contributed by atoms with Crippen molar-refractivity contribution in [3.63, 3.8) is 0 Å². The van der Waals surface area contributed by atoms with Gasteiger partial charge in [0, 0.05) is 12.7 Å². The van der Waals surface area contributed by atoms with Gasteiger partial charge in [0.05, 0.1) is 17.9 Å². The molecule has 4 rings (SSSR count). The van der Waals surface area contributed by atoms with E-state index in [4.69, 9.17) is 9.47 Å². The number of rotatable bonds is 3. The van der Waals surface area contributed by atoms with Crippen molar-refractivity contribution >= 4 is 34.8 Å². The number of hydrogen-bond acceptors (Lipinski definition) is 6. The van der Waals surface area contributed by atoms with E-state index in [1.54, 1.807) is 48.3 Å². The summed E-state index contributed by atoms with van der Waals surface area (Å²) in [5, 5.41) is 2.79. The Balaban J connectivity index is 1.49. The molecular weight excluding hydrogens is 350 g/mol. The van der Waals surface area contributed by atoms with E-state index in [0.717, 1.165) is 0 Å². The summed E-state index contributed by atoms with van der Waals surface area (Å²) in [4.78, 5) is 39.2. The first-order chi connectivity index (χ1) is 13.0. The molecule has 1 N–H and O–H groups in total. The van der Waals surface area contributed by atoms with Crippen LogP contribution >= 0.6 is 0 Å². The average Bonchev–Trinajstić information content (AvgIpc) is 2.65. The summed E-state index contributed by atoms with van der Waals surface area (Å²) in [6, 6.07) is 12.2. The highest BCUT2D eigenvalue weighted by Gasteiger charge is 2.26. The maximum absolute atomic E-state index is 12.5. The maximum atomic E-state index is 12.5. The number of carbonyl (C=O) groups is 3. The Kier molecular flexibility index (Phi) is 4.15. The number of fused-ring (bicyclic) bond motifs is 2. The number of likely N-dealkylation sites (N-methyl/N-ethyl adjacent to an activating group) is 1. The van der Waals surface area contributed by atoms with Crippen LogP contribution in [0.1, 0.15) is 0 Å². The number of benzene rings is 2. The topological polar surface area (TPSA) is 88.2 Å². The van der Waals surface area contributed by atoms with E-state index in [-0.39, 0.29) is 31.5 Å².